The highest BCUT2D eigenvalue weighted by molar-refractivity contribution is 7.90. The lowest BCUT2D eigenvalue weighted by atomic mass is 10.2. The molecule has 1 N–H and O–H groups in total. The molecule has 1 aliphatic heterocycles. The number of rotatable bonds is 5. The zero-order chi connectivity index (χ0) is 20.3. The second kappa shape index (κ2) is 7.72. The van der Waals surface area contributed by atoms with E-state index in [1.165, 1.54) is 25.2 Å². The average Bonchev–Trinajstić information content (AvgIpc) is 2.97. The van der Waals surface area contributed by atoms with Crippen LogP contribution in [0.25, 0.3) is 0 Å². The molecule has 150 valence electrons. The van der Waals surface area contributed by atoms with Gasteiger partial charge in [0, 0.05) is 7.05 Å². The van der Waals surface area contributed by atoms with E-state index in [4.69, 9.17) is 14.3 Å². The van der Waals surface area contributed by atoms with Gasteiger partial charge in [0.25, 0.3) is 15.9 Å². The summed E-state index contributed by atoms with van der Waals surface area (Å²) in [4.78, 5) is 29.1. The van der Waals surface area contributed by atoms with Gasteiger partial charge in [-0.1, -0.05) is 12.1 Å². The smallest absolute Gasteiger partial charge is 0.360 e. The molecule has 2 heterocycles. The molecule has 0 unspecified atom stereocenters. The van der Waals surface area contributed by atoms with Gasteiger partial charge < -0.3 is 14.3 Å². The molecular weight excluding hydrogens is 394 g/mol. The Bertz CT molecular complexity index is 1090. The van der Waals surface area contributed by atoms with Crippen LogP contribution in [0, 0.1) is 0 Å². The fourth-order valence-electron chi connectivity index (χ4n) is 2.33. The van der Waals surface area contributed by atoms with E-state index >= 15 is 0 Å². The highest BCUT2D eigenvalue weighted by atomic mass is 32.2. The maximum absolute atomic E-state index is 12.7. The van der Waals surface area contributed by atoms with Crippen LogP contribution in [0.1, 0.15) is 12.5 Å². The molecule has 0 saturated carbocycles. The first-order chi connectivity index (χ1) is 13.3. The van der Waals surface area contributed by atoms with E-state index in [2.05, 4.69) is 10.3 Å². The van der Waals surface area contributed by atoms with Gasteiger partial charge in [0.1, 0.15) is 11.5 Å². The summed E-state index contributed by atoms with van der Waals surface area (Å²) in [5.41, 5.74) is -0.760. The number of carbonyl (C=O) groups is 1. The van der Waals surface area contributed by atoms with Gasteiger partial charge in [-0.3, -0.25) is 0 Å². The fraction of sp³-hybridized carbons (Fsp3) is 0.333. The van der Waals surface area contributed by atoms with Gasteiger partial charge in [0.15, 0.2) is 6.61 Å². The molecular formula is C15H17N5O7S. The lowest BCUT2D eigenvalue weighted by Gasteiger charge is -2.16. The van der Waals surface area contributed by atoms with Crippen LogP contribution in [0.15, 0.2) is 39.1 Å². The van der Waals surface area contributed by atoms with Crippen molar-refractivity contribution in [2.24, 2.45) is 12.2 Å². The van der Waals surface area contributed by atoms with Crippen molar-refractivity contribution in [3.05, 3.63) is 40.3 Å². The molecule has 13 heteroatoms. The van der Waals surface area contributed by atoms with Crippen molar-refractivity contribution >= 4 is 22.0 Å². The Morgan fingerprint density at radius 2 is 2.07 bits per heavy atom. The zero-order valence-corrected chi connectivity index (χ0v) is 15.8. The van der Waals surface area contributed by atoms with Crippen LogP contribution < -0.4 is 15.1 Å². The molecule has 12 nitrogen and oxygen atoms in total. The standard InChI is InChI=1S/C15H17N5O7S/c1-3-25-14-16-20(15(22)19(14)2)13(21)18-28(23,24)11-7-5-4-6-10(11)12-17-27-9-8-26-12/h4-7H,3,8-9H2,1-2H3,(H,18,21). The molecule has 0 spiro atoms. The van der Waals surface area contributed by atoms with Crippen molar-refractivity contribution in [3.8, 4) is 6.01 Å². The lowest BCUT2D eigenvalue weighted by molar-refractivity contribution is 0.0653. The molecule has 3 rings (SSSR count). The van der Waals surface area contributed by atoms with Crippen LogP contribution in [-0.4, -0.2) is 54.5 Å². The van der Waals surface area contributed by atoms with Crippen molar-refractivity contribution in [2.45, 2.75) is 11.8 Å². The third-order valence-corrected chi connectivity index (χ3v) is 4.97. The first kappa shape index (κ1) is 19.4. The van der Waals surface area contributed by atoms with Crippen LogP contribution in [0.4, 0.5) is 4.79 Å². The number of sulfonamides is 1. The van der Waals surface area contributed by atoms with Gasteiger partial charge in [-0.15, -0.1) is 9.78 Å². The van der Waals surface area contributed by atoms with E-state index < -0.39 is 21.7 Å². The van der Waals surface area contributed by atoms with E-state index in [1.54, 1.807) is 17.7 Å². The Kier molecular flexibility index (Phi) is 5.35. The Morgan fingerprint density at radius 1 is 1.32 bits per heavy atom. The van der Waals surface area contributed by atoms with Gasteiger partial charge in [-0.25, -0.2) is 27.3 Å². The summed E-state index contributed by atoms with van der Waals surface area (Å²) in [7, 11) is -3.05. The topological polar surface area (TPSA) is 143 Å². The molecule has 1 aromatic heterocycles. The minimum Gasteiger partial charge on any atom is -0.471 e. The first-order valence-corrected chi connectivity index (χ1v) is 9.61. The number of nitrogens with zero attached hydrogens (tertiary/aromatic N) is 4. The van der Waals surface area contributed by atoms with Crippen LogP contribution >= 0.6 is 0 Å². The summed E-state index contributed by atoms with van der Waals surface area (Å²) in [5, 5.41) is 7.38. The SMILES string of the molecule is CCOc1nn(C(=O)NS(=O)(=O)c2ccccc2C2=NOCCO2)c(=O)n1C. The number of hydrogen-bond acceptors (Lipinski definition) is 9. The van der Waals surface area contributed by atoms with Crippen molar-refractivity contribution < 1.29 is 27.5 Å². The number of aromatic nitrogens is 3. The van der Waals surface area contributed by atoms with Gasteiger partial charge in [0.2, 0.25) is 0 Å². The minimum atomic E-state index is -4.39. The van der Waals surface area contributed by atoms with Crippen molar-refractivity contribution in [2.75, 3.05) is 19.8 Å². The van der Waals surface area contributed by atoms with Crippen LogP contribution in [0.5, 0.6) is 6.01 Å². The summed E-state index contributed by atoms with van der Waals surface area (Å²) in [6, 6.07) is 4.37. The molecule has 1 aliphatic rings. The molecule has 0 saturated heterocycles. The molecule has 28 heavy (non-hydrogen) atoms. The van der Waals surface area contributed by atoms with E-state index in [9.17, 15) is 18.0 Å². The number of hydrogen-bond donors (Lipinski definition) is 1. The summed E-state index contributed by atoms with van der Waals surface area (Å²) in [5.74, 6) is -0.0340. The van der Waals surface area contributed by atoms with Gasteiger partial charge in [-0.2, -0.15) is 0 Å². The Labute approximate surface area is 159 Å². The van der Waals surface area contributed by atoms with Gasteiger partial charge >= 0.3 is 17.7 Å². The third kappa shape index (κ3) is 3.69. The number of carbonyl (C=O) groups excluding carboxylic acids is 1. The maximum atomic E-state index is 12.7. The normalized spacial score (nSPS) is 13.9. The third-order valence-electron chi connectivity index (χ3n) is 3.60. The van der Waals surface area contributed by atoms with Crippen LogP contribution in [-0.2, 0) is 26.6 Å². The molecule has 0 aliphatic carbocycles. The summed E-state index contributed by atoms with van der Waals surface area (Å²) >= 11 is 0. The fourth-order valence-corrected chi connectivity index (χ4v) is 3.46. The summed E-state index contributed by atoms with van der Waals surface area (Å²) in [6.45, 7) is 2.31. The van der Waals surface area contributed by atoms with Crippen molar-refractivity contribution in [1.82, 2.24) is 19.1 Å². The lowest BCUT2D eigenvalue weighted by Crippen LogP contribution is -2.40. The monoisotopic (exact) mass is 411 g/mol. The second-order valence-electron chi connectivity index (χ2n) is 5.45. The highest BCUT2D eigenvalue weighted by Gasteiger charge is 2.27. The molecule has 1 aromatic carbocycles. The average molecular weight is 411 g/mol. The zero-order valence-electron chi connectivity index (χ0n) is 15.0. The van der Waals surface area contributed by atoms with E-state index in [0.717, 1.165) is 4.57 Å². The number of nitrogens with one attached hydrogen (secondary N) is 1. The molecule has 1 amide bonds. The van der Waals surface area contributed by atoms with Crippen molar-refractivity contribution in [3.63, 3.8) is 0 Å². The van der Waals surface area contributed by atoms with Crippen molar-refractivity contribution in [1.29, 1.82) is 0 Å². The van der Waals surface area contributed by atoms with Crippen LogP contribution in [0.3, 0.4) is 0 Å². The second-order valence-corrected chi connectivity index (χ2v) is 7.10. The molecule has 0 fully saturated rings. The Hall–Kier alpha value is -3.35. The van der Waals surface area contributed by atoms with Gasteiger partial charge in [-0.05, 0) is 24.2 Å². The molecule has 2 aromatic rings. The molecule has 0 atom stereocenters. The first-order valence-electron chi connectivity index (χ1n) is 8.13. The van der Waals surface area contributed by atoms with Crippen LogP contribution in [0.2, 0.25) is 0 Å². The van der Waals surface area contributed by atoms with E-state index in [0.29, 0.717) is 4.68 Å². The minimum absolute atomic E-state index is 0.0340. The highest BCUT2D eigenvalue weighted by Crippen LogP contribution is 2.18. The summed E-state index contributed by atoms with van der Waals surface area (Å²) < 4.78 is 39.1. The van der Waals surface area contributed by atoms with Gasteiger partial charge in [0.05, 0.1) is 12.2 Å². The Morgan fingerprint density at radius 3 is 2.75 bits per heavy atom. The number of amides is 1. The Balaban J connectivity index is 1.93. The number of benzene rings is 1. The maximum Gasteiger partial charge on any atom is 0.360 e. The largest absolute Gasteiger partial charge is 0.471 e. The van der Waals surface area contributed by atoms with E-state index in [-0.39, 0.29) is 42.2 Å². The summed E-state index contributed by atoms with van der Waals surface area (Å²) in [6.07, 6.45) is 0. The quantitative estimate of drug-likeness (QED) is 0.702. The number of oxime groups is 1. The van der Waals surface area contributed by atoms with E-state index in [1.807, 2.05) is 0 Å². The number of ether oxygens (including phenoxy) is 2. The molecule has 0 bridgehead atoms. The predicted molar refractivity (Wildman–Crippen MR) is 94.6 cm³/mol. The predicted octanol–water partition coefficient (Wildman–Crippen LogP) is -0.364. The molecule has 0 radical (unpaired) electrons.